The van der Waals surface area contributed by atoms with Crippen LogP contribution < -0.4 is 15.8 Å². The number of rotatable bonds is 7. The Labute approximate surface area is 187 Å². The normalized spacial score (nSPS) is 15.8. The van der Waals surface area contributed by atoms with Crippen LogP contribution in [0, 0.1) is 17.2 Å². The second-order valence-corrected chi connectivity index (χ2v) is 8.18. The first kappa shape index (κ1) is 22.9. The smallest absolute Gasteiger partial charge is 0.255 e. The molecule has 2 aromatic rings. The number of nitrogens with zero attached hydrogens (tertiary/aromatic N) is 2. The van der Waals surface area contributed by atoms with Crippen molar-refractivity contribution >= 4 is 23.2 Å². The first-order valence-electron chi connectivity index (χ1n) is 10.2. The molecule has 0 saturated carbocycles. The number of halogens is 1. The Balaban J connectivity index is 1.46. The Morgan fingerprint density at radius 3 is 2.65 bits per heavy atom. The van der Waals surface area contributed by atoms with Gasteiger partial charge in [0, 0.05) is 19.2 Å². The summed E-state index contributed by atoms with van der Waals surface area (Å²) in [7, 11) is 1.49. The van der Waals surface area contributed by atoms with E-state index in [1.54, 1.807) is 30.3 Å². The van der Waals surface area contributed by atoms with Crippen LogP contribution in [0.25, 0.3) is 0 Å². The zero-order chi connectivity index (χ0) is 22.4. The molecule has 0 aliphatic carbocycles. The molecule has 4 N–H and O–H groups in total. The van der Waals surface area contributed by atoms with E-state index in [0.29, 0.717) is 46.6 Å². The molecule has 0 aromatic heterocycles. The molecule has 1 saturated heterocycles. The number of piperidine rings is 1. The molecule has 0 bridgehead atoms. The minimum absolute atomic E-state index is 0.239. The molecular formula is C23H27ClN4O3. The Morgan fingerprint density at radius 2 is 2.03 bits per heavy atom. The largest absolute Gasteiger partial charge is 0.496 e. The summed E-state index contributed by atoms with van der Waals surface area (Å²) in [6, 6.07) is 12.2. The second-order valence-electron chi connectivity index (χ2n) is 7.78. The average molecular weight is 443 g/mol. The van der Waals surface area contributed by atoms with E-state index in [-0.39, 0.29) is 5.91 Å². The summed E-state index contributed by atoms with van der Waals surface area (Å²) in [6.45, 7) is 2.82. The summed E-state index contributed by atoms with van der Waals surface area (Å²) in [5, 5.41) is 22.7. The minimum Gasteiger partial charge on any atom is -0.496 e. The highest BCUT2D eigenvalue weighted by Crippen LogP contribution is 2.29. The fourth-order valence-corrected chi connectivity index (χ4v) is 3.91. The first-order chi connectivity index (χ1) is 14.9. The number of aliphatic hydroxyl groups excluding tert-OH is 1. The number of hydrogen-bond donors (Lipinski definition) is 3. The molecule has 1 atom stereocenters. The molecule has 1 unspecified atom stereocenters. The van der Waals surface area contributed by atoms with Gasteiger partial charge in [-0.2, -0.15) is 5.26 Å². The lowest BCUT2D eigenvalue weighted by Gasteiger charge is -2.33. The lowest BCUT2D eigenvalue weighted by atomic mass is 9.96. The molecule has 1 fully saturated rings. The number of aliphatic hydroxyl groups is 1. The van der Waals surface area contributed by atoms with Gasteiger partial charge in [-0.1, -0.05) is 23.7 Å². The Bertz CT molecular complexity index is 951. The highest BCUT2D eigenvalue weighted by atomic mass is 35.5. The Morgan fingerprint density at radius 1 is 1.35 bits per heavy atom. The van der Waals surface area contributed by atoms with E-state index in [1.807, 2.05) is 0 Å². The maximum Gasteiger partial charge on any atom is 0.255 e. The Kier molecular flexibility index (Phi) is 7.75. The molecule has 1 aliphatic heterocycles. The van der Waals surface area contributed by atoms with Gasteiger partial charge in [0.15, 0.2) is 0 Å². The van der Waals surface area contributed by atoms with Gasteiger partial charge in [-0.05, 0) is 55.6 Å². The van der Waals surface area contributed by atoms with Crippen molar-refractivity contribution in [3.8, 4) is 11.8 Å². The van der Waals surface area contributed by atoms with Crippen LogP contribution in [0.2, 0.25) is 5.02 Å². The molecule has 0 spiro atoms. The van der Waals surface area contributed by atoms with Crippen LogP contribution >= 0.6 is 11.6 Å². The van der Waals surface area contributed by atoms with E-state index in [2.05, 4.69) is 16.3 Å². The third-order valence-corrected chi connectivity index (χ3v) is 6.00. The standard InChI is InChI=1S/C23H27ClN4O3/c1-31-22-11-20(26)19(24)10-18(22)23(30)27-13-16-6-8-28(9-7-16)14-21(29)17-4-2-15(12-25)3-5-17/h2-5,10-11,16,21,29H,6-9,13-14,26H2,1H3,(H,27,30). The van der Waals surface area contributed by atoms with E-state index < -0.39 is 6.10 Å². The van der Waals surface area contributed by atoms with E-state index in [9.17, 15) is 9.90 Å². The number of hydrogen-bond acceptors (Lipinski definition) is 6. The number of β-amino-alcohol motifs (C(OH)–C–C–N with tert-alkyl or cyclic N) is 1. The third kappa shape index (κ3) is 5.88. The highest BCUT2D eigenvalue weighted by Gasteiger charge is 2.23. The van der Waals surface area contributed by atoms with Crippen LogP contribution in [-0.2, 0) is 0 Å². The van der Waals surface area contributed by atoms with Crippen molar-refractivity contribution in [3.05, 3.63) is 58.1 Å². The van der Waals surface area contributed by atoms with E-state index in [0.717, 1.165) is 31.5 Å². The molecule has 2 aromatic carbocycles. The number of ether oxygens (including phenoxy) is 1. The number of nitrogens with two attached hydrogens (primary N) is 1. The summed E-state index contributed by atoms with van der Waals surface area (Å²) in [6.07, 6.45) is 1.27. The number of methoxy groups -OCH3 is 1. The fraction of sp³-hybridized carbons (Fsp3) is 0.391. The number of amides is 1. The number of nitriles is 1. The second kappa shape index (κ2) is 10.5. The zero-order valence-electron chi connectivity index (χ0n) is 17.5. The van der Waals surface area contributed by atoms with Crippen molar-refractivity contribution in [2.75, 3.05) is 39.0 Å². The van der Waals surface area contributed by atoms with Gasteiger partial charge >= 0.3 is 0 Å². The van der Waals surface area contributed by atoms with Crippen LogP contribution in [0.4, 0.5) is 5.69 Å². The van der Waals surface area contributed by atoms with Gasteiger partial charge < -0.3 is 25.8 Å². The van der Waals surface area contributed by atoms with Crippen molar-refractivity contribution in [1.29, 1.82) is 5.26 Å². The van der Waals surface area contributed by atoms with Crippen molar-refractivity contribution in [2.45, 2.75) is 18.9 Å². The van der Waals surface area contributed by atoms with E-state index >= 15 is 0 Å². The first-order valence-corrected chi connectivity index (χ1v) is 10.6. The van der Waals surface area contributed by atoms with Crippen LogP contribution in [0.3, 0.4) is 0 Å². The van der Waals surface area contributed by atoms with Crippen LogP contribution in [-0.4, -0.2) is 49.2 Å². The van der Waals surface area contributed by atoms with E-state index in [4.69, 9.17) is 27.3 Å². The summed E-state index contributed by atoms with van der Waals surface area (Å²) in [5.74, 6) is 0.519. The van der Waals surface area contributed by atoms with Gasteiger partial charge in [-0.15, -0.1) is 0 Å². The molecule has 7 nitrogen and oxygen atoms in total. The molecule has 31 heavy (non-hydrogen) atoms. The average Bonchev–Trinajstić information content (AvgIpc) is 2.79. The predicted octanol–water partition coefficient (Wildman–Crippen LogP) is 2.98. The van der Waals surface area contributed by atoms with Gasteiger partial charge in [0.25, 0.3) is 5.91 Å². The number of carbonyl (C=O) groups is 1. The zero-order valence-corrected chi connectivity index (χ0v) is 18.2. The number of likely N-dealkylation sites (tertiary alicyclic amines) is 1. The summed E-state index contributed by atoms with van der Waals surface area (Å²) >= 11 is 6.05. The summed E-state index contributed by atoms with van der Waals surface area (Å²) in [4.78, 5) is 14.8. The van der Waals surface area contributed by atoms with Gasteiger partial charge in [0.2, 0.25) is 0 Å². The number of benzene rings is 2. The van der Waals surface area contributed by atoms with Crippen LogP contribution in [0.15, 0.2) is 36.4 Å². The molecule has 1 heterocycles. The quantitative estimate of drug-likeness (QED) is 0.568. The van der Waals surface area contributed by atoms with Gasteiger partial charge in [-0.3, -0.25) is 4.79 Å². The topological polar surface area (TPSA) is 112 Å². The Hall–Kier alpha value is -2.79. The molecular weight excluding hydrogens is 416 g/mol. The monoisotopic (exact) mass is 442 g/mol. The van der Waals surface area contributed by atoms with Crippen LogP contribution in [0.5, 0.6) is 5.75 Å². The van der Waals surface area contributed by atoms with Crippen LogP contribution in [0.1, 0.15) is 40.4 Å². The lowest BCUT2D eigenvalue weighted by Crippen LogP contribution is -2.40. The number of nitrogen functional groups attached to an aromatic ring is 1. The van der Waals surface area contributed by atoms with Crippen molar-refractivity contribution in [2.24, 2.45) is 5.92 Å². The van der Waals surface area contributed by atoms with Gasteiger partial charge in [0.05, 0.1) is 41.1 Å². The molecule has 164 valence electrons. The third-order valence-electron chi connectivity index (χ3n) is 5.68. The van der Waals surface area contributed by atoms with Crippen molar-refractivity contribution in [3.63, 3.8) is 0 Å². The number of carbonyl (C=O) groups excluding carboxylic acids is 1. The lowest BCUT2D eigenvalue weighted by molar-refractivity contribution is 0.0851. The molecule has 1 amide bonds. The predicted molar refractivity (Wildman–Crippen MR) is 120 cm³/mol. The van der Waals surface area contributed by atoms with Gasteiger partial charge in [0.1, 0.15) is 5.75 Å². The number of nitrogens with one attached hydrogen (secondary N) is 1. The summed E-state index contributed by atoms with van der Waals surface area (Å²) in [5.41, 5.74) is 7.90. The maximum absolute atomic E-state index is 12.6. The minimum atomic E-state index is -0.591. The SMILES string of the molecule is COc1cc(N)c(Cl)cc1C(=O)NCC1CCN(CC(O)c2ccc(C#N)cc2)CC1. The summed E-state index contributed by atoms with van der Waals surface area (Å²) < 4.78 is 5.25. The van der Waals surface area contributed by atoms with E-state index in [1.165, 1.54) is 13.2 Å². The fourth-order valence-electron chi connectivity index (χ4n) is 3.75. The maximum atomic E-state index is 12.6. The van der Waals surface area contributed by atoms with Crippen molar-refractivity contribution < 1.29 is 14.6 Å². The molecule has 1 aliphatic rings. The highest BCUT2D eigenvalue weighted by molar-refractivity contribution is 6.33. The molecule has 0 radical (unpaired) electrons. The van der Waals surface area contributed by atoms with Gasteiger partial charge in [-0.25, -0.2) is 0 Å². The molecule has 8 heteroatoms. The number of anilines is 1. The van der Waals surface area contributed by atoms with Crippen molar-refractivity contribution in [1.82, 2.24) is 10.2 Å². The molecule has 3 rings (SSSR count).